The SMILES string of the molecule is CCn1nc(C)c(CN2CCC(CCn3cccn3)CC2)c1C. The summed E-state index contributed by atoms with van der Waals surface area (Å²) in [6.07, 6.45) is 7.79. The van der Waals surface area contributed by atoms with Crippen molar-refractivity contribution < 1.29 is 0 Å². The molecule has 0 amide bonds. The number of likely N-dealkylation sites (tertiary alicyclic amines) is 1. The topological polar surface area (TPSA) is 38.9 Å². The molecule has 5 heteroatoms. The van der Waals surface area contributed by atoms with Crippen LogP contribution in [0.25, 0.3) is 0 Å². The highest BCUT2D eigenvalue weighted by Gasteiger charge is 2.21. The van der Waals surface area contributed by atoms with E-state index in [-0.39, 0.29) is 0 Å². The number of aryl methyl sites for hydroxylation is 3. The van der Waals surface area contributed by atoms with E-state index in [1.807, 2.05) is 12.3 Å². The quantitative estimate of drug-likeness (QED) is 0.822. The van der Waals surface area contributed by atoms with E-state index in [2.05, 4.69) is 51.4 Å². The lowest BCUT2D eigenvalue weighted by atomic mass is 9.93. The molecule has 1 aliphatic rings. The second-order valence-electron chi connectivity index (χ2n) is 6.74. The summed E-state index contributed by atoms with van der Waals surface area (Å²) < 4.78 is 4.18. The molecule has 0 unspecified atom stereocenters. The minimum atomic E-state index is 0.844. The van der Waals surface area contributed by atoms with Gasteiger partial charge in [0.15, 0.2) is 0 Å². The van der Waals surface area contributed by atoms with Crippen LogP contribution >= 0.6 is 0 Å². The fourth-order valence-corrected chi connectivity index (χ4v) is 3.68. The maximum atomic E-state index is 4.65. The van der Waals surface area contributed by atoms with Crippen LogP contribution in [-0.4, -0.2) is 37.6 Å². The Morgan fingerprint density at radius 1 is 1.22 bits per heavy atom. The van der Waals surface area contributed by atoms with Crippen LogP contribution in [-0.2, 0) is 19.6 Å². The Morgan fingerprint density at radius 2 is 2.00 bits per heavy atom. The van der Waals surface area contributed by atoms with Crippen LogP contribution in [0.3, 0.4) is 0 Å². The molecule has 3 heterocycles. The van der Waals surface area contributed by atoms with Crippen LogP contribution in [0.15, 0.2) is 18.5 Å². The summed E-state index contributed by atoms with van der Waals surface area (Å²) in [4.78, 5) is 2.60. The van der Waals surface area contributed by atoms with Gasteiger partial charge in [-0.2, -0.15) is 10.2 Å². The summed E-state index contributed by atoms with van der Waals surface area (Å²) >= 11 is 0. The molecular formula is C18H29N5. The molecule has 23 heavy (non-hydrogen) atoms. The molecule has 1 aliphatic heterocycles. The zero-order chi connectivity index (χ0) is 16.2. The zero-order valence-corrected chi connectivity index (χ0v) is 14.7. The number of hydrogen-bond acceptors (Lipinski definition) is 3. The summed E-state index contributed by atoms with van der Waals surface area (Å²) in [5, 5.41) is 8.95. The predicted octanol–water partition coefficient (Wildman–Crippen LogP) is 3.02. The van der Waals surface area contributed by atoms with Crippen molar-refractivity contribution in [3.63, 3.8) is 0 Å². The van der Waals surface area contributed by atoms with E-state index in [4.69, 9.17) is 0 Å². The molecule has 1 saturated heterocycles. The van der Waals surface area contributed by atoms with Gasteiger partial charge < -0.3 is 0 Å². The minimum Gasteiger partial charge on any atom is -0.299 e. The predicted molar refractivity (Wildman–Crippen MR) is 92.2 cm³/mol. The number of hydrogen-bond donors (Lipinski definition) is 0. The van der Waals surface area contributed by atoms with Crippen LogP contribution in [0.2, 0.25) is 0 Å². The molecular weight excluding hydrogens is 286 g/mol. The van der Waals surface area contributed by atoms with Crippen LogP contribution in [0.4, 0.5) is 0 Å². The fourth-order valence-electron chi connectivity index (χ4n) is 3.68. The van der Waals surface area contributed by atoms with Gasteiger partial charge in [0, 0.05) is 43.3 Å². The van der Waals surface area contributed by atoms with Gasteiger partial charge in [-0.1, -0.05) is 0 Å². The van der Waals surface area contributed by atoms with Gasteiger partial charge in [0.05, 0.1) is 5.69 Å². The molecule has 0 atom stereocenters. The lowest BCUT2D eigenvalue weighted by Gasteiger charge is -2.32. The van der Waals surface area contributed by atoms with Gasteiger partial charge in [-0.3, -0.25) is 14.3 Å². The van der Waals surface area contributed by atoms with Crippen LogP contribution in [0.5, 0.6) is 0 Å². The number of nitrogens with zero attached hydrogens (tertiary/aromatic N) is 5. The molecule has 0 saturated carbocycles. The van der Waals surface area contributed by atoms with Gasteiger partial charge in [-0.05, 0) is 65.1 Å². The van der Waals surface area contributed by atoms with Crippen molar-refractivity contribution in [2.24, 2.45) is 5.92 Å². The Labute approximate surface area is 139 Å². The van der Waals surface area contributed by atoms with Gasteiger partial charge >= 0.3 is 0 Å². The first-order chi connectivity index (χ1) is 11.2. The summed E-state index contributed by atoms with van der Waals surface area (Å²) in [7, 11) is 0. The first kappa shape index (κ1) is 16.2. The molecule has 0 N–H and O–H groups in total. The molecule has 1 fully saturated rings. The van der Waals surface area contributed by atoms with Crippen LogP contribution < -0.4 is 0 Å². The highest BCUT2D eigenvalue weighted by atomic mass is 15.3. The Kier molecular flexibility index (Phi) is 5.16. The van der Waals surface area contributed by atoms with Crippen molar-refractivity contribution in [2.75, 3.05) is 13.1 Å². The average Bonchev–Trinajstić information content (AvgIpc) is 3.17. The Bertz CT molecular complexity index is 606. The van der Waals surface area contributed by atoms with Crippen molar-refractivity contribution in [1.29, 1.82) is 0 Å². The average molecular weight is 315 g/mol. The van der Waals surface area contributed by atoms with E-state index in [9.17, 15) is 0 Å². The second-order valence-corrected chi connectivity index (χ2v) is 6.74. The number of aromatic nitrogens is 4. The van der Waals surface area contributed by atoms with E-state index in [1.165, 1.54) is 49.3 Å². The highest BCUT2D eigenvalue weighted by Crippen LogP contribution is 2.24. The molecule has 0 aromatic carbocycles. The van der Waals surface area contributed by atoms with Gasteiger partial charge in [0.25, 0.3) is 0 Å². The highest BCUT2D eigenvalue weighted by molar-refractivity contribution is 5.24. The molecule has 0 radical (unpaired) electrons. The van der Waals surface area contributed by atoms with Gasteiger partial charge in [-0.15, -0.1) is 0 Å². The second kappa shape index (κ2) is 7.30. The molecule has 0 bridgehead atoms. The lowest BCUT2D eigenvalue weighted by molar-refractivity contribution is 0.168. The largest absolute Gasteiger partial charge is 0.299 e. The number of rotatable bonds is 6. The standard InChI is InChI=1S/C18H29N5/c1-4-23-16(3)18(15(2)20-23)14-21-11-6-17(7-12-21)8-13-22-10-5-9-19-22/h5,9-10,17H,4,6-8,11-14H2,1-3H3. The van der Waals surface area contributed by atoms with E-state index in [1.54, 1.807) is 0 Å². The molecule has 0 spiro atoms. The fraction of sp³-hybridized carbons (Fsp3) is 0.667. The minimum absolute atomic E-state index is 0.844. The van der Waals surface area contributed by atoms with E-state index in [0.29, 0.717) is 0 Å². The van der Waals surface area contributed by atoms with Crippen LogP contribution in [0, 0.1) is 19.8 Å². The molecule has 2 aromatic rings. The lowest BCUT2D eigenvalue weighted by Crippen LogP contribution is -2.33. The molecule has 3 rings (SSSR count). The van der Waals surface area contributed by atoms with Gasteiger partial charge in [-0.25, -0.2) is 0 Å². The Balaban J connectivity index is 1.48. The third kappa shape index (κ3) is 3.83. The Morgan fingerprint density at radius 3 is 2.61 bits per heavy atom. The van der Waals surface area contributed by atoms with E-state index < -0.39 is 0 Å². The third-order valence-corrected chi connectivity index (χ3v) is 5.25. The monoisotopic (exact) mass is 315 g/mol. The van der Waals surface area contributed by atoms with E-state index >= 15 is 0 Å². The van der Waals surface area contributed by atoms with Gasteiger partial charge in [0.1, 0.15) is 0 Å². The summed E-state index contributed by atoms with van der Waals surface area (Å²) in [5.74, 6) is 0.844. The molecule has 5 nitrogen and oxygen atoms in total. The van der Waals surface area contributed by atoms with Crippen molar-refractivity contribution in [1.82, 2.24) is 24.5 Å². The number of piperidine rings is 1. The summed E-state index contributed by atoms with van der Waals surface area (Å²) in [5.41, 5.74) is 3.97. The molecule has 126 valence electrons. The van der Waals surface area contributed by atoms with E-state index in [0.717, 1.165) is 25.6 Å². The van der Waals surface area contributed by atoms with Crippen molar-refractivity contribution in [3.8, 4) is 0 Å². The summed E-state index contributed by atoms with van der Waals surface area (Å²) in [6, 6.07) is 2.00. The Hall–Kier alpha value is -1.62. The van der Waals surface area contributed by atoms with Crippen molar-refractivity contribution in [3.05, 3.63) is 35.4 Å². The first-order valence-electron chi connectivity index (χ1n) is 8.90. The normalized spacial score (nSPS) is 17.0. The zero-order valence-electron chi connectivity index (χ0n) is 14.7. The smallest absolute Gasteiger partial charge is 0.0641 e. The molecule has 0 aliphatic carbocycles. The third-order valence-electron chi connectivity index (χ3n) is 5.25. The summed E-state index contributed by atoms with van der Waals surface area (Å²) in [6.45, 7) is 12.0. The molecule has 2 aromatic heterocycles. The first-order valence-corrected chi connectivity index (χ1v) is 8.90. The maximum Gasteiger partial charge on any atom is 0.0641 e. The van der Waals surface area contributed by atoms with Crippen LogP contribution in [0.1, 0.15) is 43.1 Å². The van der Waals surface area contributed by atoms with Crippen molar-refractivity contribution in [2.45, 2.75) is 59.7 Å². The van der Waals surface area contributed by atoms with Gasteiger partial charge in [0.2, 0.25) is 0 Å². The van der Waals surface area contributed by atoms with Crippen molar-refractivity contribution >= 4 is 0 Å². The maximum absolute atomic E-state index is 4.65.